The van der Waals surface area contributed by atoms with Crippen molar-refractivity contribution in [3.63, 3.8) is 0 Å². The van der Waals surface area contributed by atoms with Crippen molar-refractivity contribution in [1.82, 2.24) is 19.4 Å². The first-order valence-electron chi connectivity index (χ1n) is 9.35. The highest BCUT2D eigenvalue weighted by Gasteiger charge is 2.23. The van der Waals surface area contributed by atoms with Gasteiger partial charge in [0.15, 0.2) is 0 Å². The predicted molar refractivity (Wildman–Crippen MR) is 92.6 cm³/mol. The summed E-state index contributed by atoms with van der Waals surface area (Å²) in [5, 5.41) is 0. The first kappa shape index (κ1) is 17.4. The van der Waals surface area contributed by atoms with Crippen LogP contribution in [0.15, 0.2) is 18.7 Å². The van der Waals surface area contributed by atoms with Crippen LogP contribution >= 0.6 is 0 Å². The van der Waals surface area contributed by atoms with Crippen LogP contribution in [0.1, 0.15) is 32.1 Å². The zero-order valence-corrected chi connectivity index (χ0v) is 14.6. The summed E-state index contributed by atoms with van der Waals surface area (Å²) in [6.07, 6.45) is 10.8. The monoisotopic (exact) mass is 334 g/mol. The van der Waals surface area contributed by atoms with Crippen LogP contribution < -0.4 is 0 Å². The van der Waals surface area contributed by atoms with E-state index in [9.17, 15) is 4.79 Å². The lowest BCUT2D eigenvalue weighted by atomic mass is 9.98. The third-order valence-electron chi connectivity index (χ3n) is 5.11. The van der Waals surface area contributed by atoms with Crippen LogP contribution in [-0.2, 0) is 16.1 Å². The average molecular weight is 334 g/mol. The fourth-order valence-corrected chi connectivity index (χ4v) is 3.68. The van der Waals surface area contributed by atoms with Gasteiger partial charge in [0, 0.05) is 58.2 Å². The highest BCUT2D eigenvalue weighted by atomic mass is 16.5. The van der Waals surface area contributed by atoms with E-state index in [1.165, 1.54) is 0 Å². The van der Waals surface area contributed by atoms with Gasteiger partial charge in [0.1, 0.15) is 0 Å². The summed E-state index contributed by atoms with van der Waals surface area (Å²) in [7, 11) is 0. The Bertz CT molecular complexity index is 485. The predicted octanol–water partition coefficient (Wildman–Crippen LogP) is 1.62. The number of imidazole rings is 1. The molecule has 6 heteroatoms. The standard InChI is InChI=1S/C18H30N4O2/c23-18(14-17-4-1-13-24-15-17)22-9-3-7-20(11-12-22)6-2-8-21-10-5-19-16-21/h5,10,16-17H,1-4,6-9,11-15H2. The third kappa shape index (κ3) is 5.31. The minimum Gasteiger partial charge on any atom is -0.381 e. The number of nitrogens with zero attached hydrogens (tertiary/aromatic N) is 4. The normalized spacial score (nSPS) is 23.2. The molecule has 6 nitrogen and oxygen atoms in total. The van der Waals surface area contributed by atoms with Gasteiger partial charge in [0.2, 0.25) is 5.91 Å². The van der Waals surface area contributed by atoms with Gasteiger partial charge in [0.25, 0.3) is 0 Å². The topological polar surface area (TPSA) is 50.6 Å². The third-order valence-corrected chi connectivity index (χ3v) is 5.11. The number of carbonyl (C=O) groups is 1. The van der Waals surface area contributed by atoms with Crippen molar-refractivity contribution in [2.45, 2.75) is 38.6 Å². The minimum absolute atomic E-state index is 0.325. The Morgan fingerprint density at radius 1 is 1.17 bits per heavy atom. The second-order valence-corrected chi connectivity index (χ2v) is 7.02. The first-order valence-corrected chi connectivity index (χ1v) is 9.35. The summed E-state index contributed by atoms with van der Waals surface area (Å²) in [6.45, 7) is 7.61. The van der Waals surface area contributed by atoms with Crippen LogP contribution in [0.4, 0.5) is 0 Å². The molecule has 0 bridgehead atoms. The van der Waals surface area contributed by atoms with Gasteiger partial charge in [-0.05, 0) is 44.7 Å². The van der Waals surface area contributed by atoms with Gasteiger partial charge in [-0.1, -0.05) is 0 Å². The van der Waals surface area contributed by atoms with Gasteiger partial charge in [-0.25, -0.2) is 4.98 Å². The highest BCUT2D eigenvalue weighted by molar-refractivity contribution is 5.76. The zero-order valence-electron chi connectivity index (χ0n) is 14.6. The maximum absolute atomic E-state index is 12.5. The smallest absolute Gasteiger partial charge is 0.222 e. The van der Waals surface area contributed by atoms with E-state index in [0.29, 0.717) is 18.2 Å². The summed E-state index contributed by atoms with van der Waals surface area (Å²) < 4.78 is 7.63. The number of ether oxygens (including phenoxy) is 1. The van der Waals surface area contributed by atoms with E-state index < -0.39 is 0 Å². The van der Waals surface area contributed by atoms with E-state index >= 15 is 0 Å². The fourth-order valence-electron chi connectivity index (χ4n) is 3.68. The average Bonchev–Trinajstić information content (AvgIpc) is 3.00. The lowest BCUT2D eigenvalue weighted by molar-refractivity contribution is -0.133. The van der Waals surface area contributed by atoms with Crippen molar-refractivity contribution in [2.24, 2.45) is 5.92 Å². The molecule has 0 aromatic carbocycles. The van der Waals surface area contributed by atoms with Gasteiger partial charge in [0.05, 0.1) is 6.33 Å². The van der Waals surface area contributed by atoms with Gasteiger partial charge in [-0.15, -0.1) is 0 Å². The number of hydrogen-bond donors (Lipinski definition) is 0. The van der Waals surface area contributed by atoms with Crippen LogP contribution in [0.25, 0.3) is 0 Å². The van der Waals surface area contributed by atoms with Crippen molar-refractivity contribution in [3.8, 4) is 0 Å². The number of rotatable bonds is 6. The van der Waals surface area contributed by atoms with E-state index in [1.54, 1.807) is 0 Å². The molecule has 2 aliphatic rings. The summed E-state index contributed by atoms with van der Waals surface area (Å²) in [6, 6.07) is 0. The largest absolute Gasteiger partial charge is 0.381 e. The molecule has 1 amide bonds. The van der Waals surface area contributed by atoms with E-state index in [-0.39, 0.29) is 0 Å². The molecule has 2 saturated heterocycles. The Morgan fingerprint density at radius 2 is 2.12 bits per heavy atom. The van der Waals surface area contributed by atoms with Crippen molar-refractivity contribution in [3.05, 3.63) is 18.7 Å². The molecule has 2 fully saturated rings. The molecule has 0 radical (unpaired) electrons. The lowest BCUT2D eigenvalue weighted by Gasteiger charge is -2.26. The molecule has 24 heavy (non-hydrogen) atoms. The van der Waals surface area contributed by atoms with Gasteiger partial charge in [-0.2, -0.15) is 0 Å². The molecule has 0 N–H and O–H groups in total. The summed E-state index contributed by atoms with van der Waals surface area (Å²) in [5.74, 6) is 0.756. The molecule has 1 atom stereocenters. The van der Waals surface area contributed by atoms with E-state index in [1.807, 2.05) is 18.7 Å². The zero-order chi connectivity index (χ0) is 16.6. The number of carbonyl (C=O) groups excluding carboxylic acids is 1. The van der Waals surface area contributed by atoms with Crippen molar-refractivity contribution < 1.29 is 9.53 Å². The van der Waals surface area contributed by atoms with Crippen molar-refractivity contribution >= 4 is 5.91 Å². The quantitative estimate of drug-likeness (QED) is 0.793. The van der Waals surface area contributed by atoms with E-state index in [0.717, 1.165) is 78.2 Å². The van der Waals surface area contributed by atoms with Crippen LogP contribution in [-0.4, -0.2) is 71.2 Å². The molecule has 1 unspecified atom stereocenters. The van der Waals surface area contributed by atoms with Gasteiger partial charge >= 0.3 is 0 Å². The second-order valence-electron chi connectivity index (χ2n) is 7.02. The number of aromatic nitrogens is 2. The van der Waals surface area contributed by atoms with Crippen molar-refractivity contribution in [2.75, 3.05) is 45.9 Å². The first-order chi connectivity index (χ1) is 11.8. The summed E-state index contributed by atoms with van der Waals surface area (Å²) >= 11 is 0. The van der Waals surface area contributed by atoms with Crippen LogP contribution in [0.3, 0.4) is 0 Å². The van der Waals surface area contributed by atoms with Crippen LogP contribution in [0.5, 0.6) is 0 Å². The Balaban J connectivity index is 1.36. The SMILES string of the molecule is O=C(CC1CCCOC1)N1CCCN(CCCn2ccnc2)CC1. The summed E-state index contributed by atoms with van der Waals surface area (Å²) in [4.78, 5) is 21.2. The Kier molecular flexibility index (Phi) is 6.66. The maximum atomic E-state index is 12.5. The molecule has 3 rings (SSSR count). The lowest BCUT2D eigenvalue weighted by Crippen LogP contribution is -2.37. The Labute approximate surface area is 144 Å². The number of amides is 1. The van der Waals surface area contributed by atoms with E-state index in [2.05, 4.69) is 19.4 Å². The van der Waals surface area contributed by atoms with Gasteiger partial charge < -0.3 is 19.1 Å². The molecule has 3 heterocycles. The molecule has 0 spiro atoms. The molecule has 1 aromatic rings. The molecule has 2 aliphatic heterocycles. The highest BCUT2D eigenvalue weighted by Crippen LogP contribution is 2.18. The van der Waals surface area contributed by atoms with Crippen LogP contribution in [0, 0.1) is 5.92 Å². The molecule has 1 aromatic heterocycles. The van der Waals surface area contributed by atoms with Crippen molar-refractivity contribution in [1.29, 1.82) is 0 Å². The molecule has 0 aliphatic carbocycles. The summed E-state index contributed by atoms with van der Waals surface area (Å²) in [5.41, 5.74) is 0. The second kappa shape index (κ2) is 9.18. The van der Waals surface area contributed by atoms with E-state index in [4.69, 9.17) is 4.74 Å². The maximum Gasteiger partial charge on any atom is 0.222 e. The molecule has 0 saturated carbocycles. The minimum atomic E-state index is 0.325. The Morgan fingerprint density at radius 3 is 2.92 bits per heavy atom. The number of hydrogen-bond acceptors (Lipinski definition) is 4. The molecule has 134 valence electrons. The van der Waals surface area contributed by atoms with Crippen LogP contribution in [0.2, 0.25) is 0 Å². The molecular weight excluding hydrogens is 304 g/mol. The van der Waals surface area contributed by atoms with Gasteiger partial charge in [-0.3, -0.25) is 4.79 Å². The molecular formula is C18H30N4O2. The Hall–Kier alpha value is -1.40. The number of aryl methyl sites for hydroxylation is 1. The fraction of sp³-hybridized carbons (Fsp3) is 0.778.